The van der Waals surface area contributed by atoms with Crippen molar-refractivity contribution in [1.82, 2.24) is 0 Å². The van der Waals surface area contributed by atoms with E-state index < -0.39 is 26.0 Å². The van der Waals surface area contributed by atoms with Gasteiger partial charge in [-0.05, 0) is 27.5 Å². The van der Waals surface area contributed by atoms with Gasteiger partial charge in [0.25, 0.3) is 8.32 Å². The Balaban J connectivity index is 1.93. The predicted molar refractivity (Wildman–Crippen MR) is 146 cm³/mol. The Bertz CT molecular complexity index is 1120. The maximum Gasteiger partial charge on any atom is 0.338 e. The summed E-state index contributed by atoms with van der Waals surface area (Å²) in [6.45, 7) is 6.10. The van der Waals surface area contributed by atoms with Crippen LogP contribution in [-0.2, 0) is 18.8 Å². The highest BCUT2D eigenvalue weighted by atomic mass is 28.4. The number of hydrogen-bond donors (Lipinski definition) is 1. The van der Waals surface area contributed by atoms with E-state index in [0.717, 1.165) is 10.4 Å². The molecule has 7 heteroatoms. The Morgan fingerprint density at radius 1 is 0.865 bits per heavy atom. The lowest BCUT2D eigenvalue weighted by Gasteiger charge is -2.44. The van der Waals surface area contributed by atoms with Crippen molar-refractivity contribution in [3.63, 3.8) is 0 Å². The summed E-state index contributed by atoms with van der Waals surface area (Å²) in [5, 5.41) is 13.2. The highest BCUT2D eigenvalue weighted by Gasteiger charge is 2.51. The van der Waals surface area contributed by atoms with Crippen molar-refractivity contribution in [3.8, 4) is 0 Å². The van der Waals surface area contributed by atoms with Gasteiger partial charge in [0.1, 0.15) is 6.29 Å². The minimum atomic E-state index is -3.01. The van der Waals surface area contributed by atoms with Gasteiger partial charge in [-0.2, -0.15) is 0 Å². The highest BCUT2D eigenvalue weighted by molar-refractivity contribution is 6.99. The first-order valence-corrected chi connectivity index (χ1v) is 14.2. The van der Waals surface area contributed by atoms with E-state index in [9.17, 15) is 19.5 Å². The van der Waals surface area contributed by atoms with Crippen LogP contribution < -0.4 is 10.4 Å². The van der Waals surface area contributed by atoms with Crippen molar-refractivity contribution in [2.24, 2.45) is 0 Å². The molecule has 3 rings (SSSR count). The van der Waals surface area contributed by atoms with Crippen LogP contribution in [0.15, 0.2) is 91.0 Å². The number of ether oxygens (including phenoxy) is 1. The summed E-state index contributed by atoms with van der Waals surface area (Å²) in [6.07, 6.45) is -0.736. The molecule has 2 unspecified atom stereocenters. The third-order valence-corrected chi connectivity index (χ3v) is 11.4. The van der Waals surface area contributed by atoms with Crippen LogP contribution in [-0.4, -0.2) is 50.3 Å². The molecule has 3 aromatic rings. The molecule has 2 atom stereocenters. The number of aldehydes is 2. The number of aliphatic hydroxyl groups is 1. The van der Waals surface area contributed by atoms with Gasteiger partial charge in [-0.1, -0.05) is 99.6 Å². The van der Waals surface area contributed by atoms with E-state index in [4.69, 9.17) is 9.16 Å². The van der Waals surface area contributed by atoms with Gasteiger partial charge in [0.15, 0.2) is 12.4 Å². The molecule has 1 N–H and O–H groups in total. The Labute approximate surface area is 219 Å². The van der Waals surface area contributed by atoms with E-state index >= 15 is 0 Å². The van der Waals surface area contributed by atoms with E-state index in [2.05, 4.69) is 20.8 Å². The van der Waals surface area contributed by atoms with E-state index in [1.54, 1.807) is 30.3 Å². The molecule has 0 spiro atoms. The summed E-state index contributed by atoms with van der Waals surface area (Å²) < 4.78 is 12.2. The lowest BCUT2D eigenvalue weighted by molar-refractivity contribution is -0.125. The second kappa shape index (κ2) is 12.2. The molecular weight excluding hydrogens is 484 g/mol. The summed E-state index contributed by atoms with van der Waals surface area (Å²) >= 11 is 0. The SMILES string of the molecule is CC(C)(C)[Si](OCC(O)(CC=O)CC(C=O)OC(=O)c1ccccc1)(c1ccccc1)c1ccccc1. The van der Waals surface area contributed by atoms with Gasteiger partial charge in [-0.15, -0.1) is 0 Å². The van der Waals surface area contributed by atoms with Gasteiger partial charge in [0, 0.05) is 12.8 Å². The summed E-state index contributed by atoms with van der Waals surface area (Å²) in [7, 11) is -3.01. The first kappa shape index (κ1) is 28.2. The zero-order valence-electron chi connectivity index (χ0n) is 21.5. The Kier molecular flexibility index (Phi) is 9.32. The maximum atomic E-state index is 12.5. The average molecular weight is 519 g/mol. The van der Waals surface area contributed by atoms with E-state index in [0.29, 0.717) is 12.6 Å². The van der Waals surface area contributed by atoms with Gasteiger partial charge < -0.3 is 19.1 Å². The number of carbonyl (C=O) groups excluding carboxylic acids is 3. The Morgan fingerprint density at radius 3 is 1.78 bits per heavy atom. The molecule has 37 heavy (non-hydrogen) atoms. The van der Waals surface area contributed by atoms with Crippen LogP contribution in [0.5, 0.6) is 0 Å². The maximum absolute atomic E-state index is 12.5. The summed E-state index contributed by atoms with van der Waals surface area (Å²) in [5.41, 5.74) is -1.44. The fourth-order valence-electron chi connectivity index (χ4n) is 4.63. The Hall–Kier alpha value is -3.39. The number of benzene rings is 3. The van der Waals surface area contributed by atoms with Crippen LogP contribution >= 0.6 is 0 Å². The number of carbonyl (C=O) groups is 3. The highest BCUT2D eigenvalue weighted by Crippen LogP contribution is 2.37. The molecule has 194 valence electrons. The van der Waals surface area contributed by atoms with Crippen molar-refractivity contribution in [2.45, 2.75) is 50.4 Å². The average Bonchev–Trinajstić information content (AvgIpc) is 2.89. The third-order valence-electron chi connectivity index (χ3n) is 6.44. The fraction of sp³-hybridized carbons (Fsp3) is 0.300. The molecule has 0 aromatic heterocycles. The predicted octanol–water partition coefficient (Wildman–Crippen LogP) is 3.70. The standard InChI is InChI=1S/C30H34O6Si/c1-29(2,3)37(26-15-9-5-10-16-26,27-17-11-6-12-18-27)35-23-30(34,19-20-31)21-25(22-32)36-28(33)24-13-7-4-8-14-24/h4-18,20,22,25,34H,19,21,23H2,1-3H3. The molecule has 0 aliphatic rings. The van der Waals surface area contributed by atoms with Crippen molar-refractivity contribution in [1.29, 1.82) is 0 Å². The van der Waals surface area contributed by atoms with Gasteiger partial charge in [0.2, 0.25) is 0 Å². The van der Waals surface area contributed by atoms with Crippen LogP contribution in [0.25, 0.3) is 0 Å². The zero-order valence-corrected chi connectivity index (χ0v) is 22.5. The first-order chi connectivity index (χ1) is 17.6. The summed E-state index contributed by atoms with van der Waals surface area (Å²) in [6, 6.07) is 28.1. The Morgan fingerprint density at radius 2 is 1.35 bits per heavy atom. The molecule has 0 saturated heterocycles. The van der Waals surface area contributed by atoms with E-state index in [1.807, 2.05) is 60.7 Å². The van der Waals surface area contributed by atoms with Crippen LogP contribution in [0.2, 0.25) is 5.04 Å². The van der Waals surface area contributed by atoms with Crippen molar-refractivity contribution in [3.05, 3.63) is 96.6 Å². The zero-order chi connectivity index (χ0) is 26.9. The largest absolute Gasteiger partial charge is 0.451 e. The van der Waals surface area contributed by atoms with Gasteiger partial charge >= 0.3 is 5.97 Å². The lowest BCUT2D eigenvalue weighted by atomic mass is 9.94. The van der Waals surface area contributed by atoms with Crippen LogP contribution in [0.4, 0.5) is 0 Å². The van der Waals surface area contributed by atoms with E-state index in [-0.39, 0.29) is 30.1 Å². The topological polar surface area (TPSA) is 89.9 Å². The number of esters is 1. The summed E-state index contributed by atoms with van der Waals surface area (Å²) in [5.74, 6) is -0.681. The molecule has 0 aliphatic heterocycles. The number of rotatable bonds is 12. The van der Waals surface area contributed by atoms with Crippen molar-refractivity contribution < 1.29 is 28.7 Å². The third kappa shape index (κ3) is 6.68. The van der Waals surface area contributed by atoms with Gasteiger partial charge in [-0.25, -0.2) is 4.79 Å². The molecule has 0 aliphatic carbocycles. The van der Waals surface area contributed by atoms with Crippen molar-refractivity contribution >= 4 is 37.2 Å². The minimum absolute atomic E-state index is 0.216. The smallest absolute Gasteiger partial charge is 0.338 e. The molecule has 3 aromatic carbocycles. The normalized spacial score (nSPS) is 14.3. The second-order valence-corrected chi connectivity index (χ2v) is 14.5. The minimum Gasteiger partial charge on any atom is -0.451 e. The second-order valence-electron chi connectivity index (χ2n) is 10.2. The fourth-order valence-corrected chi connectivity index (χ4v) is 9.27. The summed E-state index contributed by atoms with van der Waals surface area (Å²) in [4.78, 5) is 36.0. The molecule has 0 heterocycles. The van der Waals surface area contributed by atoms with Crippen LogP contribution in [0.1, 0.15) is 44.0 Å². The van der Waals surface area contributed by atoms with Gasteiger partial charge in [-0.3, -0.25) is 4.79 Å². The van der Waals surface area contributed by atoms with E-state index in [1.165, 1.54) is 0 Å². The molecular formula is C30H34O6Si. The molecule has 0 radical (unpaired) electrons. The molecule has 0 fully saturated rings. The van der Waals surface area contributed by atoms with Gasteiger partial charge in [0.05, 0.1) is 17.8 Å². The lowest BCUT2D eigenvalue weighted by Crippen LogP contribution is -2.67. The van der Waals surface area contributed by atoms with Crippen LogP contribution in [0, 0.1) is 0 Å². The molecule has 0 amide bonds. The molecule has 6 nitrogen and oxygen atoms in total. The molecule has 0 bridgehead atoms. The monoisotopic (exact) mass is 518 g/mol. The number of hydrogen-bond acceptors (Lipinski definition) is 6. The van der Waals surface area contributed by atoms with Crippen LogP contribution in [0.3, 0.4) is 0 Å². The molecule has 0 saturated carbocycles. The quantitative estimate of drug-likeness (QED) is 0.223. The first-order valence-electron chi connectivity index (χ1n) is 12.3. The van der Waals surface area contributed by atoms with Crippen molar-refractivity contribution in [2.75, 3.05) is 6.61 Å².